The average Bonchev–Trinajstić information content (AvgIpc) is 3.01. The van der Waals surface area contributed by atoms with Crippen molar-refractivity contribution in [3.63, 3.8) is 0 Å². The topological polar surface area (TPSA) is 85.6 Å². The summed E-state index contributed by atoms with van der Waals surface area (Å²) in [5, 5.41) is 4.17. The van der Waals surface area contributed by atoms with Gasteiger partial charge in [-0.25, -0.2) is 15.2 Å². The summed E-state index contributed by atoms with van der Waals surface area (Å²) in [6.45, 7) is 5.88. The minimum Gasteiger partial charge on any atom is -0.465 e. The molecule has 2 heterocycles. The number of aryl methyl sites for hydroxylation is 2. The van der Waals surface area contributed by atoms with Crippen molar-refractivity contribution in [1.82, 2.24) is 15.0 Å². The third kappa shape index (κ3) is 4.26. The molecule has 0 aliphatic rings. The van der Waals surface area contributed by atoms with E-state index in [0.717, 1.165) is 28.2 Å². The van der Waals surface area contributed by atoms with Crippen LogP contribution in [-0.2, 0) is 4.74 Å². The number of pyridine rings is 1. The van der Waals surface area contributed by atoms with Crippen LogP contribution in [0.25, 0.3) is 5.69 Å². The van der Waals surface area contributed by atoms with Gasteiger partial charge in [0.1, 0.15) is 5.15 Å². The van der Waals surface area contributed by atoms with E-state index in [0.29, 0.717) is 5.56 Å². The third-order valence-electron chi connectivity index (χ3n) is 4.71. The summed E-state index contributed by atoms with van der Waals surface area (Å²) >= 11 is 5.93. The van der Waals surface area contributed by atoms with Crippen LogP contribution in [0.2, 0.25) is 5.15 Å². The molecule has 0 spiro atoms. The lowest BCUT2D eigenvalue weighted by atomic mass is 10.1. The molecule has 0 aliphatic heterocycles. The standard InChI is InChI=1S/C22H21ClN4O3/c1-13-7-8-16(22(29)30-4)11-19(13)27-14(2)10-17(15(27)3)12-25-26-21(28)18-6-5-9-24-20(18)23/h5-12H,1-4H3,(H,26,28). The number of hydrazone groups is 1. The number of methoxy groups -OCH3 is 1. The fourth-order valence-electron chi connectivity index (χ4n) is 3.16. The summed E-state index contributed by atoms with van der Waals surface area (Å²) in [5.41, 5.74) is 7.76. The van der Waals surface area contributed by atoms with Gasteiger partial charge in [0.05, 0.1) is 24.5 Å². The molecule has 1 aromatic carbocycles. The fraction of sp³-hybridized carbons (Fsp3) is 0.182. The van der Waals surface area contributed by atoms with Crippen LogP contribution in [-0.4, -0.2) is 34.8 Å². The highest BCUT2D eigenvalue weighted by Gasteiger charge is 2.15. The van der Waals surface area contributed by atoms with Crippen LogP contribution in [0.1, 0.15) is 43.2 Å². The summed E-state index contributed by atoms with van der Waals surface area (Å²) in [7, 11) is 1.36. The number of ether oxygens (including phenoxy) is 1. The molecule has 0 aliphatic carbocycles. The van der Waals surface area contributed by atoms with Gasteiger partial charge in [0, 0.05) is 28.8 Å². The first-order chi connectivity index (χ1) is 14.3. The number of benzene rings is 1. The molecule has 0 fully saturated rings. The average molecular weight is 425 g/mol. The Labute approximate surface area is 179 Å². The second-order valence-corrected chi connectivity index (χ2v) is 7.05. The van der Waals surface area contributed by atoms with Crippen LogP contribution in [0, 0.1) is 20.8 Å². The smallest absolute Gasteiger partial charge is 0.337 e. The predicted octanol–water partition coefficient (Wildman–Crippen LogP) is 4.00. The van der Waals surface area contributed by atoms with Crippen molar-refractivity contribution in [3.8, 4) is 5.69 Å². The van der Waals surface area contributed by atoms with Gasteiger partial charge in [-0.2, -0.15) is 5.10 Å². The quantitative estimate of drug-likeness (QED) is 0.290. The first kappa shape index (κ1) is 21.3. The molecule has 0 radical (unpaired) electrons. The van der Waals surface area contributed by atoms with E-state index in [-0.39, 0.29) is 10.7 Å². The Hall–Kier alpha value is -3.45. The molecule has 1 N–H and O–H groups in total. The van der Waals surface area contributed by atoms with Crippen LogP contribution >= 0.6 is 11.6 Å². The molecular formula is C22H21ClN4O3. The number of halogens is 1. The number of nitrogens with one attached hydrogen (secondary N) is 1. The highest BCUT2D eigenvalue weighted by atomic mass is 35.5. The highest BCUT2D eigenvalue weighted by molar-refractivity contribution is 6.32. The number of carbonyl (C=O) groups excluding carboxylic acids is 2. The number of amides is 1. The van der Waals surface area contributed by atoms with Crippen molar-refractivity contribution in [3.05, 3.63) is 81.4 Å². The normalized spacial score (nSPS) is 11.0. The van der Waals surface area contributed by atoms with E-state index in [9.17, 15) is 9.59 Å². The zero-order chi connectivity index (χ0) is 21.8. The number of nitrogens with zero attached hydrogens (tertiary/aromatic N) is 3. The largest absolute Gasteiger partial charge is 0.465 e. The molecule has 0 atom stereocenters. The molecule has 0 unspecified atom stereocenters. The van der Waals surface area contributed by atoms with Gasteiger partial charge in [-0.15, -0.1) is 0 Å². The Morgan fingerprint density at radius 3 is 2.67 bits per heavy atom. The van der Waals surface area contributed by atoms with Crippen molar-refractivity contribution >= 4 is 29.7 Å². The minimum atomic E-state index is -0.445. The molecule has 0 saturated heterocycles. The Balaban J connectivity index is 1.88. The molecule has 30 heavy (non-hydrogen) atoms. The molecule has 0 bridgehead atoms. The first-order valence-electron chi connectivity index (χ1n) is 9.15. The molecule has 154 valence electrons. The Morgan fingerprint density at radius 1 is 1.20 bits per heavy atom. The molecule has 0 saturated carbocycles. The molecule has 1 amide bonds. The third-order valence-corrected chi connectivity index (χ3v) is 5.02. The predicted molar refractivity (Wildman–Crippen MR) is 116 cm³/mol. The Bertz CT molecular complexity index is 1150. The lowest BCUT2D eigenvalue weighted by molar-refractivity contribution is 0.0600. The maximum Gasteiger partial charge on any atom is 0.337 e. The fourth-order valence-corrected chi connectivity index (χ4v) is 3.37. The van der Waals surface area contributed by atoms with Gasteiger partial charge in [-0.05, 0) is 56.7 Å². The summed E-state index contributed by atoms with van der Waals surface area (Å²) in [6.07, 6.45) is 3.08. The zero-order valence-corrected chi connectivity index (χ0v) is 17.8. The number of rotatable bonds is 5. The molecule has 2 aromatic heterocycles. The molecule has 3 aromatic rings. The summed E-state index contributed by atoms with van der Waals surface area (Å²) in [5.74, 6) is -0.836. The Kier molecular flexibility index (Phi) is 6.32. The second kappa shape index (κ2) is 8.92. The van der Waals surface area contributed by atoms with E-state index in [1.807, 2.05) is 37.5 Å². The number of hydrogen-bond acceptors (Lipinski definition) is 5. The number of esters is 1. The lowest BCUT2D eigenvalue weighted by Crippen LogP contribution is -2.18. The first-order valence-corrected chi connectivity index (χ1v) is 9.53. The van der Waals surface area contributed by atoms with E-state index in [1.54, 1.807) is 30.5 Å². The van der Waals surface area contributed by atoms with E-state index in [2.05, 4.69) is 15.5 Å². The van der Waals surface area contributed by atoms with Crippen LogP contribution in [0.15, 0.2) is 47.7 Å². The van der Waals surface area contributed by atoms with Crippen LogP contribution in [0.5, 0.6) is 0 Å². The van der Waals surface area contributed by atoms with Crippen LogP contribution in [0.3, 0.4) is 0 Å². The monoisotopic (exact) mass is 424 g/mol. The van der Waals surface area contributed by atoms with Gasteiger partial charge in [0.15, 0.2) is 0 Å². The zero-order valence-electron chi connectivity index (χ0n) is 17.1. The SMILES string of the molecule is COC(=O)c1ccc(C)c(-n2c(C)cc(C=NNC(=O)c3cccnc3Cl)c2C)c1. The minimum absolute atomic E-state index is 0.115. The van der Waals surface area contributed by atoms with Crippen molar-refractivity contribution in [2.75, 3.05) is 7.11 Å². The van der Waals surface area contributed by atoms with E-state index >= 15 is 0 Å². The van der Waals surface area contributed by atoms with Gasteiger partial charge in [-0.3, -0.25) is 4.79 Å². The number of carbonyl (C=O) groups is 2. The summed E-state index contributed by atoms with van der Waals surface area (Å²) in [4.78, 5) is 28.0. The Morgan fingerprint density at radius 2 is 1.97 bits per heavy atom. The van der Waals surface area contributed by atoms with E-state index in [1.165, 1.54) is 13.3 Å². The van der Waals surface area contributed by atoms with Gasteiger partial charge in [0.25, 0.3) is 5.91 Å². The van der Waals surface area contributed by atoms with Crippen molar-refractivity contribution < 1.29 is 14.3 Å². The van der Waals surface area contributed by atoms with Gasteiger partial charge < -0.3 is 9.30 Å². The van der Waals surface area contributed by atoms with Gasteiger partial charge >= 0.3 is 5.97 Å². The molecule has 7 nitrogen and oxygen atoms in total. The van der Waals surface area contributed by atoms with Crippen molar-refractivity contribution in [2.24, 2.45) is 5.10 Å². The van der Waals surface area contributed by atoms with Crippen molar-refractivity contribution in [2.45, 2.75) is 20.8 Å². The molecular weight excluding hydrogens is 404 g/mol. The van der Waals surface area contributed by atoms with Crippen LogP contribution < -0.4 is 5.43 Å². The second-order valence-electron chi connectivity index (χ2n) is 6.70. The highest BCUT2D eigenvalue weighted by Crippen LogP contribution is 2.24. The number of aromatic nitrogens is 2. The van der Waals surface area contributed by atoms with Gasteiger partial charge in [0.2, 0.25) is 0 Å². The molecule has 8 heteroatoms. The van der Waals surface area contributed by atoms with Crippen molar-refractivity contribution in [1.29, 1.82) is 0 Å². The maximum absolute atomic E-state index is 12.2. The lowest BCUT2D eigenvalue weighted by Gasteiger charge is -2.14. The van der Waals surface area contributed by atoms with E-state index < -0.39 is 11.9 Å². The summed E-state index contributed by atoms with van der Waals surface area (Å²) in [6, 6.07) is 10.6. The summed E-state index contributed by atoms with van der Waals surface area (Å²) < 4.78 is 6.86. The maximum atomic E-state index is 12.2. The van der Waals surface area contributed by atoms with Gasteiger partial charge in [-0.1, -0.05) is 17.7 Å². The molecule has 3 rings (SSSR count). The van der Waals surface area contributed by atoms with Crippen LogP contribution in [0.4, 0.5) is 0 Å². The number of hydrogen-bond donors (Lipinski definition) is 1. The van der Waals surface area contributed by atoms with E-state index in [4.69, 9.17) is 16.3 Å².